The number of rotatable bonds is 3. The maximum absolute atomic E-state index is 5.65. The van der Waals surface area contributed by atoms with E-state index >= 15 is 0 Å². The molecule has 2 aromatic heterocycles. The summed E-state index contributed by atoms with van der Waals surface area (Å²) in [7, 11) is 1.81. The molecule has 18 heavy (non-hydrogen) atoms. The zero-order valence-electron chi connectivity index (χ0n) is 10.4. The molecule has 0 spiro atoms. The maximum atomic E-state index is 5.65. The Kier molecular flexibility index (Phi) is 2.55. The fraction of sp³-hybridized carbons (Fsp3) is 0.214. The molecule has 2 N–H and O–H groups in total. The van der Waals surface area contributed by atoms with E-state index in [0.717, 1.165) is 23.4 Å². The minimum Gasteiger partial charge on any atom is -0.428 e. The fourth-order valence-electron chi connectivity index (χ4n) is 2.15. The molecule has 0 atom stereocenters. The molecule has 4 nitrogen and oxygen atoms in total. The predicted molar refractivity (Wildman–Crippen MR) is 71.9 cm³/mol. The second kappa shape index (κ2) is 4.22. The number of fused-ring (bicyclic) bond motifs is 1. The topological polar surface area (TPSA) is 53.9 Å². The number of hydrogen-bond acceptors (Lipinski definition) is 3. The van der Waals surface area contributed by atoms with E-state index in [1.807, 2.05) is 25.3 Å². The summed E-state index contributed by atoms with van der Waals surface area (Å²) < 4.78 is 5.65. The number of para-hydroxylation sites is 1. The van der Waals surface area contributed by atoms with Crippen molar-refractivity contribution in [2.45, 2.75) is 13.3 Å². The largest absolute Gasteiger partial charge is 0.428 e. The summed E-state index contributed by atoms with van der Waals surface area (Å²) in [5, 5.41) is 4.15. The van der Waals surface area contributed by atoms with Gasteiger partial charge in [-0.25, -0.2) is 0 Å². The van der Waals surface area contributed by atoms with Crippen molar-refractivity contribution in [2.75, 3.05) is 12.4 Å². The van der Waals surface area contributed by atoms with E-state index < -0.39 is 0 Å². The van der Waals surface area contributed by atoms with Crippen molar-refractivity contribution in [1.29, 1.82) is 0 Å². The van der Waals surface area contributed by atoms with Crippen LogP contribution in [0.15, 0.2) is 34.9 Å². The minimum atomic E-state index is 0.572. The first kappa shape index (κ1) is 10.9. The monoisotopic (exact) mass is 241 g/mol. The zero-order valence-corrected chi connectivity index (χ0v) is 10.4. The van der Waals surface area contributed by atoms with Crippen LogP contribution in [0.2, 0.25) is 0 Å². The Balaban J connectivity index is 1.98. The summed E-state index contributed by atoms with van der Waals surface area (Å²) in [6.45, 7) is 1.97. The standard InChI is InChI=1S/C14H15N3O/c1-9-13(18-14(15-2)17-9)7-10-8-16-12-6-4-3-5-11(10)12/h3-6,8,16H,7H2,1-2H3,(H,15,17). The van der Waals surface area contributed by atoms with Crippen LogP contribution >= 0.6 is 0 Å². The molecule has 0 fully saturated rings. The van der Waals surface area contributed by atoms with Crippen molar-refractivity contribution >= 4 is 16.9 Å². The first-order valence-corrected chi connectivity index (χ1v) is 5.97. The maximum Gasteiger partial charge on any atom is 0.294 e. The highest BCUT2D eigenvalue weighted by Gasteiger charge is 2.11. The lowest BCUT2D eigenvalue weighted by molar-refractivity contribution is 0.529. The third-order valence-corrected chi connectivity index (χ3v) is 3.13. The SMILES string of the molecule is CNc1nc(C)c(Cc2c[nH]c3ccccc23)o1. The van der Waals surface area contributed by atoms with Gasteiger partial charge in [0.1, 0.15) is 5.76 Å². The van der Waals surface area contributed by atoms with E-state index in [1.165, 1.54) is 10.9 Å². The van der Waals surface area contributed by atoms with Crippen LogP contribution in [0.25, 0.3) is 10.9 Å². The number of hydrogen-bond donors (Lipinski definition) is 2. The van der Waals surface area contributed by atoms with Crippen LogP contribution in [-0.4, -0.2) is 17.0 Å². The van der Waals surface area contributed by atoms with Crippen LogP contribution < -0.4 is 5.32 Å². The first-order chi connectivity index (χ1) is 8.78. The van der Waals surface area contributed by atoms with Gasteiger partial charge in [0.2, 0.25) is 0 Å². The molecule has 0 amide bonds. The Morgan fingerprint density at radius 2 is 2.17 bits per heavy atom. The van der Waals surface area contributed by atoms with Gasteiger partial charge >= 0.3 is 0 Å². The van der Waals surface area contributed by atoms with Gasteiger partial charge in [0.05, 0.1) is 5.69 Å². The van der Waals surface area contributed by atoms with Gasteiger partial charge in [0, 0.05) is 30.6 Å². The molecule has 1 aromatic carbocycles. The molecule has 4 heteroatoms. The summed E-state index contributed by atoms with van der Waals surface area (Å²) >= 11 is 0. The van der Waals surface area contributed by atoms with Gasteiger partial charge in [-0.2, -0.15) is 4.98 Å². The van der Waals surface area contributed by atoms with Crippen molar-refractivity contribution < 1.29 is 4.42 Å². The van der Waals surface area contributed by atoms with Crippen molar-refractivity contribution in [1.82, 2.24) is 9.97 Å². The molecule has 3 aromatic rings. The van der Waals surface area contributed by atoms with Crippen LogP contribution in [0.3, 0.4) is 0 Å². The number of nitrogens with one attached hydrogen (secondary N) is 2. The highest BCUT2D eigenvalue weighted by molar-refractivity contribution is 5.83. The van der Waals surface area contributed by atoms with Gasteiger partial charge in [0.25, 0.3) is 6.01 Å². The van der Waals surface area contributed by atoms with Crippen LogP contribution in [-0.2, 0) is 6.42 Å². The number of aryl methyl sites for hydroxylation is 1. The predicted octanol–water partition coefficient (Wildman–Crippen LogP) is 3.10. The second-order valence-electron chi connectivity index (χ2n) is 4.31. The van der Waals surface area contributed by atoms with E-state index in [0.29, 0.717) is 6.01 Å². The van der Waals surface area contributed by atoms with Crippen molar-refractivity contribution in [3.63, 3.8) is 0 Å². The number of aromatic amines is 1. The Labute approximate surface area is 105 Å². The van der Waals surface area contributed by atoms with E-state index in [9.17, 15) is 0 Å². The quantitative estimate of drug-likeness (QED) is 0.740. The normalized spacial score (nSPS) is 11.0. The third-order valence-electron chi connectivity index (χ3n) is 3.13. The minimum absolute atomic E-state index is 0.572. The summed E-state index contributed by atoms with van der Waals surface area (Å²) in [4.78, 5) is 7.57. The lowest BCUT2D eigenvalue weighted by atomic mass is 10.1. The molecule has 0 unspecified atom stereocenters. The van der Waals surface area contributed by atoms with E-state index in [-0.39, 0.29) is 0 Å². The number of oxazole rings is 1. The molecule has 0 radical (unpaired) electrons. The average molecular weight is 241 g/mol. The second-order valence-corrected chi connectivity index (χ2v) is 4.31. The summed E-state index contributed by atoms with van der Waals surface area (Å²) in [6.07, 6.45) is 2.79. The number of anilines is 1. The molecular formula is C14H15N3O. The molecule has 0 saturated carbocycles. The first-order valence-electron chi connectivity index (χ1n) is 5.97. The Morgan fingerprint density at radius 3 is 2.94 bits per heavy atom. The molecule has 0 bridgehead atoms. The number of benzene rings is 1. The number of H-pyrrole nitrogens is 1. The Bertz CT molecular complexity index is 681. The summed E-state index contributed by atoms with van der Waals surface area (Å²) in [6, 6.07) is 8.84. The van der Waals surface area contributed by atoms with Crippen LogP contribution in [0.4, 0.5) is 6.01 Å². The van der Waals surface area contributed by atoms with Gasteiger partial charge in [-0.3, -0.25) is 0 Å². The molecule has 2 heterocycles. The zero-order chi connectivity index (χ0) is 12.5. The van der Waals surface area contributed by atoms with Crippen LogP contribution in [0, 0.1) is 6.92 Å². The van der Waals surface area contributed by atoms with Gasteiger partial charge in [-0.05, 0) is 18.6 Å². The lowest BCUT2D eigenvalue weighted by Gasteiger charge is -1.97. The van der Waals surface area contributed by atoms with E-state index in [2.05, 4.69) is 27.4 Å². The van der Waals surface area contributed by atoms with Gasteiger partial charge in [-0.15, -0.1) is 0 Å². The van der Waals surface area contributed by atoms with Crippen LogP contribution in [0.5, 0.6) is 0 Å². The molecule has 92 valence electrons. The Hall–Kier alpha value is -2.23. The smallest absolute Gasteiger partial charge is 0.294 e. The van der Waals surface area contributed by atoms with Crippen molar-refractivity contribution in [3.05, 3.63) is 47.5 Å². The van der Waals surface area contributed by atoms with Crippen molar-refractivity contribution in [2.24, 2.45) is 0 Å². The summed E-state index contributed by atoms with van der Waals surface area (Å²) in [5.41, 5.74) is 3.32. The van der Waals surface area contributed by atoms with Gasteiger partial charge < -0.3 is 14.7 Å². The third kappa shape index (κ3) is 1.76. The lowest BCUT2D eigenvalue weighted by Crippen LogP contribution is -1.87. The average Bonchev–Trinajstić information content (AvgIpc) is 2.95. The van der Waals surface area contributed by atoms with Crippen molar-refractivity contribution in [3.8, 4) is 0 Å². The number of aromatic nitrogens is 2. The molecule has 3 rings (SSSR count). The van der Waals surface area contributed by atoms with E-state index in [1.54, 1.807) is 7.05 Å². The highest BCUT2D eigenvalue weighted by atomic mass is 16.4. The fourth-order valence-corrected chi connectivity index (χ4v) is 2.15. The number of nitrogens with zero attached hydrogens (tertiary/aromatic N) is 1. The summed E-state index contributed by atoms with van der Waals surface area (Å²) in [5.74, 6) is 0.907. The van der Waals surface area contributed by atoms with Gasteiger partial charge in [0.15, 0.2) is 0 Å². The molecule has 0 saturated heterocycles. The van der Waals surface area contributed by atoms with Crippen LogP contribution in [0.1, 0.15) is 17.0 Å². The molecular weight excluding hydrogens is 226 g/mol. The molecule has 0 aliphatic carbocycles. The highest BCUT2D eigenvalue weighted by Crippen LogP contribution is 2.23. The van der Waals surface area contributed by atoms with Gasteiger partial charge in [-0.1, -0.05) is 18.2 Å². The molecule has 0 aliphatic heterocycles. The Morgan fingerprint density at radius 1 is 1.33 bits per heavy atom. The molecule has 0 aliphatic rings. The van der Waals surface area contributed by atoms with E-state index in [4.69, 9.17) is 4.42 Å².